The SMILES string of the molecule is Cc1nnc(-c2ccc(F)cc2Cl)nn1. The van der Waals surface area contributed by atoms with E-state index in [4.69, 9.17) is 11.6 Å². The van der Waals surface area contributed by atoms with Crippen molar-refractivity contribution in [3.05, 3.63) is 34.9 Å². The maximum atomic E-state index is 12.8. The monoisotopic (exact) mass is 224 g/mol. The number of aromatic nitrogens is 4. The molecule has 0 saturated heterocycles. The maximum absolute atomic E-state index is 12.8. The standard InChI is InChI=1S/C9H6ClFN4/c1-5-12-14-9(15-13-5)7-3-2-6(11)4-8(7)10/h2-4H,1H3. The number of nitrogens with zero attached hydrogens (tertiary/aromatic N) is 4. The van der Waals surface area contributed by atoms with Crippen LogP contribution in [0.15, 0.2) is 18.2 Å². The molecule has 76 valence electrons. The Morgan fingerprint density at radius 1 is 1.13 bits per heavy atom. The highest BCUT2D eigenvalue weighted by Gasteiger charge is 2.08. The summed E-state index contributed by atoms with van der Waals surface area (Å²) in [6.45, 7) is 1.68. The van der Waals surface area contributed by atoms with E-state index < -0.39 is 5.82 Å². The average Bonchev–Trinajstić information content (AvgIpc) is 2.20. The van der Waals surface area contributed by atoms with E-state index in [0.29, 0.717) is 11.4 Å². The van der Waals surface area contributed by atoms with Crippen LogP contribution in [0.1, 0.15) is 5.82 Å². The Morgan fingerprint density at radius 2 is 1.80 bits per heavy atom. The quantitative estimate of drug-likeness (QED) is 0.744. The fourth-order valence-electron chi connectivity index (χ4n) is 1.06. The molecule has 0 atom stereocenters. The Bertz CT molecular complexity index is 486. The molecule has 1 aromatic carbocycles. The Balaban J connectivity index is 2.49. The van der Waals surface area contributed by atoms with Gasteiger partial charge < -0.3 is 0 Å². The van der Waals surface area contributed by atoms with Crippen molar-refractivity contribution in [2.75, 3.05) is 0 Å². The Labute approximate surface area is 90.1 Å². The van der Waals surface area contributed by atoms with Gasteiger partial charge in [-0.25, -0.2) is 4.39 Å². The zero-order chi connectivity index (χ0) is 10.8. The van der Waals surface area contributed by atoms with Crippen molar-refractivity contribution in [2.45, 2.75) is 6.92 Å². The third-order valence-corrected chi connectivity index (χ3v) is 2.06. The second kappa shape index (κ2) is 3.86. The molecule has 4 nitrogen and oxygen atoms in total. The van der Waals surface area contributed by atoms with Crippen LogP contribution in [0, 0.1) is 12.7 Å². The third kappa shape index (κ3) is 2.07. The molecule has 0 radical (unpaired) electrons. The summed E-state index contributed by atoms with van der Waals surface area (Å²) in [5, 5.41) is 15.3. The molecule has 0 N–H and O–H groups in total. The molecule has 0 aliphatic heterocycles. The van der Waals surface area contributed by atoms with Gasteiger partial charge in [-0.1, -0.05) is 11.6 Å². The van der Waals surface area contributed by atoms with Gasteiger partial charge in [0, 0.05) is 5.56 Å². The molecule has 0 aliphatic rings. The van der Waals surface area contributed by atoms with Crippen molar-refractivity contribution in [1.82, 2.24) is 20.4 Å². The number of hydrogen-bond acceptors (Lipinski definition) is 4. The van der Waals surface area contributed by atoms with E-state index in [1.807, 2.05) is 0 Å². The van der Waals surface area contributed by atoms with Crippen molar-refractivity contribution in [3.63, 3.8) is 0 Å². The molecule has 0 spiro atoms. The number of rotatable bonds is 1. The topological polar surface area (TPSA) is 51.6 Å². The largest absolute Gasteiger partial charge is 0.207 e. The van der Waals surface area contributed by atoms with Gasteiger partial charge in [0.05, 0.1) is 5.02 Å². The zero-order valence-corrected chi connectivity index (χ0v) is 8.53. The van der Waals surface area contributed by atoms with E-state index in [1.54, 1.807) is 6.92 Å². The Hall–Kier alpha value is -1.62. The fourth-order valence-corrected chi connectivity index (χ4v) is 1.31. The van der Waals surface area contributed by atoms with Gasteiger partial charge in [0.15, 0.2) is 5.82 Å². The van der Waals surface area contributed by atoms with Gasteiger partial charge >= 0.3 is 0 Å². The summed E-state index contributed by atoms with van der Waals surface area (Å²) in [6.07, 6.45) is 0. The van der Waals surface area contributed by atoms with Crippen LogP contribution >= 0.6 is 11.6 Å². The predicted octanol–water partition coefficient (Wildman–Crippen LogP) is 2.03. The fraction of sp³-hybridized carbons (Fsp3) is 0.111. The van der Waals surface area contributed by atoms with Gasteiger partial charge in [-0.2, -0.15) is 0 Å². The van der Waals surface area contributed by atoms with Gasteiger partial charge in [0.2, 0.25) is 5.82 Å². The Kier molecular flexibility index (Phi) is 2.55. The van der Waals surface area contributed by atoms with Crippen LogP contribution in [-0.2, 0) is 0 Å². The van der Waals surface area contributed by atoms with E-state index in [1.165, 1.54) is 18.2 Å². The zero-order valence-electron chi connectivity index (χ0n) is 7.78. The lowest BCUT2D eigenvalue weighted by molar-refractivity contribution is 0.628. The normalized spacial score (nSPS) is 10.3. The summed E-state index contributed by atoms with van der Waals surface area (Å²) in [7, 11) is 0. The first-order valence-corrected chi connectivity index (χ1v) is 4.54. The summed E-state index contributed by atoms with van der Waals surface area (Å²) in [4.78, 5) is 0. The van der Waals surface area contributed by atoms with E-state index in [0.717, 1.165) is 0 Å². The van der Waals surface area contributed by atoms with Crippen LogP contribution < -0.4 is 0 Å². The summed E-state index contributed by atoms with van der Waals surface area (Å²) < 4.78 is 12.8. The molecular formula is C9H6ClFN4. The highest BCUT2D eigenvalue weighted by atomic mass is 35.5. The second-order valence-corrected chi connectivity index (χ2v) is 3.30. The molecule has 0 saturated carbocycles. The van der Waals surface area contributed by atoms with E-state index in [2.05, 4.69) is 20.4 Å². The molecule has 0 amide bonds. The van der Waals surface area contributed by atoms with Crippen LogP contribution in [-0.4, -0.2) is 20.4 Å². The summed E-state index contributed by atoms with van der Waals surface area (Å²) >= 11 is 5.83. The number of halogens is 2. The van der Waals surface area contributed by atoms with Crippen molar-refractivity contribution in [1.29, 1.82) is 0 Å². The highest BCUT2D eigenvalue weighted by molar-refractivity contribution is 6.33. The first-order valence-electron chi connectivity index (χ1n) is 4.16. The molecular weight excluding hydrogens is 219 g/mol. The van der Waals surface area contributed by atoms with Gasteiger partial charge in [-0.3, -0.25) is 0 Å². The van der Waals surface area contributed by atoms with Gasteiger partial charge in [0.1, 0.15) is 5.82 Å². The average molecular weight is 225 g/mol. The molecule has 1 heterocycles. The van der Waals surface area contributed by atoms with Crippen molar-refractivity contribution < 1.29 is 4.39 Å². The molecule has 15 heavy (non-hydrogen) atoms. The molecule has 1 aromatic heterocycles. The lowest BCUT2D eigenvalue weighted by atomic mass is 10.2. The molecule has 0 unspecified atom stereocenters. The molecule has 0 fully saturated rings. The summed E-state index contributed by atoms with van der Waals surface area (Å²) in [5.74, 6) is 0.347. The molecule has 0 bridgehead atoms. The smallest absolute Gasteiger partial charge is 0.205 e. The first-order chi connectivity index (χ1) is 7.16. The van der Waals surface area contributed by atoms with Gasteiger partial charge in [-0.15, -0.1) is 20.4 Å². The molecule has 2 rings (SSSR count). The van der Waals surface area contributed by atoms with Crippen molar-refractivity contribution in [3.8, 4) is 11.4 Å². The van der Waals surface area contributed by atoms with Crippen LogP contribution in [0.2, 0.25) is 5.02 Å². The Morgan fingerprint density at radius 3 is 2.40 bits per heavy atom. The lowest BCUT2D eigenvalue weighted by Crippen LogP contribution is -1.99. The second-order valence-electron chi connectivity index (χ2n) is 2.89. The van der Waals surface area contributed by atoms with E-state index in [-0.39, 0.29) is 10.8 Å². The first kappa shape index (κ1) is 9.92. The molecule has 6 heteroatoms. The number of benzene rings is 1. The van der Waals surface area contributed by atoms with E-state index in [9.17, 15) is 4.39 Å². The molecule has 2 aromatic rings. The predicted molar refractivity (Wildman–Crippen MR) is 52.8 cm³/mol. The third-order valence-electron chi connectivity index (χ3n) is 1.75. The summed E-state index contributed by atoms with van der Waals surface area (Å²) in [6, 6.07) is 3.97. The summed E-state index contributed by atoms with van der Waals surface area (Å²) in [5.41, 5.74) is 0.512. The van der Waals surface area contributed by atoms with Crippen LogP contribution in [0.25, 0.3) is 11.4 Å². The van der Waals surface area contributed by atoms with Crippen molar-refractivity contribution in [2.24, 2.45) is 0 Å². The van der Waals surface area contributed by atoms with Gasteiger partial charge in [0.25, 0.3) is 0 Å². The van der Waals surface area contributed by atoms with Gasteiger partial charge in [-0.05, 0) is 25.1 Å². The maximum Gasteiger partial charge on any atom is 0.205 e. The minimum absolute atomic E-state index is 0.238. The minimum atomic E-state index is -0.406. The van der Waals surface area contributed by atoms with E-state index >= 15 is 0 Å². The van der Waals surface area contributed by atoms with Crippen LogP contribution in [0.4, 0.5) is 4.39 Å². The number of aryl methyl sites for hydroxylation is 1. The highest BCUT2D eigenvalue weighted by Crippen LogP contribution is 2.24. The van der Waals surface area contributed by atoms with Crippen LogP contribution in [0.5, 0.6) is 0 Å². The lowest BCUT2D eigenvalue weighted by Gasteiger charge is -2.00. The number of hydrogen-bond donors (Lipinski definition) is 0. The minimum Gasteiger partial charge on any atom is -0.207 e. The van der Waals surface area contributed by atoms with Crippen LogP contribution in [0.3, 0.4) is 0 Å². The van der Waals surface area contributed by atoms with Crippen molar-refractivity contribution >= 4 is 11.6 Å². The molecule has 0 aliphatic carbocycles.